The molecule has 32 heavy (non-hydrogen) atoms. The lowest BCUT2D eigenvalue weighted by Gasteiger charge is -2.15. The summed E-state index contributed by atoms with van der Waals surface area (Å²) in [6.07, 6.45) is 1.44. The maximum atomic E-state index is 12.8. The first-order valence-electron chi connectivity index (χ1n) is 10.3. The molecular weight excluding hydrogens is 428 g/mol. The maximum Gasteiger partial charge on any atom is 0.341 e. The molecule has 0 aliphatic carbocycles. The Balaban J connectivity index is 2.35. The molecule has 0 saturated carbocycles. The number of carbonyl (C=O) groups excluding carboxylic acids is 2. The van der Waals surface area contributed by atoms with Gasteiger partial charge in [-0.3, -0.25) is 4.79 Å². The second-order valence-electron chi connectivity index (χ2n) is 7.14. The van der Waals surface area contributed by atoms with E-state index in [4.69, 9.17) is 14.2 Å². The third-order valence-electron chi connectivity index (χ3n) is 4.40. The van der Waals surface area contributed by atoms with Crippen LogP contribution in [0.15, 0.2) is 23.8 Å². The Morgan fingerprint density at radius 3 is 2.50 bits per heavy atom. The van der Waals surface area contributed by atoms with Crippen molar-refractivity contribution in [1.29, 1.82) is 5.26 Å². The zero-order valence-electron chi connectivity index (χ0n) is 19.2. The number of carbonyl (C=O) groups is 2. The van der Waals surface area contributed by atoms with Crippen molar-refractivity contribution in [3.8, 4) is 17.6 Å². The van der Waals surface area contributed by atoms with Gasteiger partial charge in [0.1, 0.15) is 16.6 Å². The van der Waals surface area contributed by atoms with Gasteiger partial charge in [-0.1, -0.05) is 6.07 Å². The summed E-state index contributed by atoms with van der Waals surface area (Å²) in [6.45, 7) is 11.7. The van der Waals surface area contributed by atoms with Crippen molar-refractivity contribution in [3.63, 3.8) is 0 Å². The Kier molecular flexibility index (Phi) is 8.85. The Hall–Kier alpha value is -3.31. The SMILES string of the molecule is CCOC(=O)c1c(NC(=O)/C(C#N)=C/c2ccc(OC(C)C)c(OCC)c2)sc(C)c1C. The van der Waals surface area contributed by atoms with Crippen LogP contribution in [0.5, 0.6) is 11.5 Å². The summed E-state index contributed by atoms with van der Waals surface area (Å²) < 4.78 is 16.5. The number of amides is 1. The molecule has 2 rings (SSSR count). The molecule has 0 radical (unpaired) electrons. The molecule has 0 atom stereocenters. The Morgan fingerprint density at radius 1 is 1.19 bits per heavy atom. The summed E-state index contributed by atoms with van der Waals surface area (Å²) in [5, 5.41) is 12.6. The molecule has 2 aromatic rings. The fourth-order valence-electron chi connectivity index (χ4n) is 2.88. The molecule has 1 amide bonds. The molecule has 0 aliphatic rings. The van der Waals surface area contributed by atoms with Gasteiger partial charge in [0, 0.05) is 4.88 Å². The largest absolute Gasteiger partial charge is 0.490 e. The van der Waals surface area contributed by atoms with Crippen molar-refractivity contribution >= 4 is 34.3 Å². The van der Waals surface area contributed by atoms with Crippen molar-refractivity contribution < 1.29 is 23.8 Å². The fourth-order valence-corrected chi connectivity index (χ4v) is 3.93. The normalized spacial score (nSPS) is 11.1. The average Bonchev–Trinajstić information content (AvgIpc) is 3.01. The molecule has 0 bridgehead atoms. The van der Waals surface area contributed by atoms with E-state index in [0.717, 1.165) is 10.4 Å². The first-order valence-corrected chi connectivity index (χ1v) is 11.2. The maximum absolute atomic E-state index is 12.8. The number of esters is 1. The summed E-state index contributed by atoms with van der Waals surface area (Å²) in [7, 11) is 0. The van der Waals surface area contributed by atoms with Crippen LogP contribution in [0.4, 0.5) is 5.00 Å². The number of hydrogen-bond donors (Lipinski definition) is 1. The first-order chi connectivity index (χ1) is 15.2. The third-order valence-corrected chi connectivity index (χ3v) is 5.52. The van der Waals surface area contributed by atoms with Gasteiger partial charge in [-0.2, -0.15) is 5.26 Å². The van der Waals surface area contributed by atoms with Gasteiger partial charge in [0.25, 0.3) is 5.91 Å². The zero-order valence-corrected chi connectivity index (χ0v) is 20.0. The number of nitrogens with one attached hydrogen (secondary N) is 1. The molecule has 0 saturated heterocycles. The van der Waals surface area contributed by atoms with Crippen LogP contribution in [-0.2, 0) is 9.53 Å². The number of aryl methyl sites for hydroxylation is 1. The van der Waals surface area contributed by atoms with E-state index in [-0.39, 0.29) is 18.3 Å². The lowest BCUT2D eigenvalue weighted by molar-refractivity contribution is -0.112. The molecule has 1 N–H and O–H groups in total. The van der Waals surface area contributed by atoms with Crippen LogP contribution in [0, 0.1) is 25.2 Å². The molecule has 8 heteroatoms. The predicted octanol–water partition coefficient (Wildman–Crippen LogP) is 5.27. The Bertz CT molecular complexity index is 1060. The second kappa shape index (κ2) is 11.3. The van der Waals surface area contributed by atoms with E-state index in [2.05, 4.69) is 5.32 Å². The quantitative estimate of drug-likeness (QED) is 0.313. The molecule has 7 nitrogen and oxygen atoms in total. The molecule has 0 unspecified atom stereocenters. The molecule has 1 heterocycles. The van der Waals surface area contributed by atoms with Crippen LogP contribution in [0.1, 0.15) is 54.1 Å². The van der Waals surface area contributed by atoms with Gasteiger partial charge in [0.2, 0.25) is 0 Å². The highest BCUT2D eigenvalue weighted by molar-refractivity contribution is 7.16. The lowest BCUT2D eigenvalue weighted by atomic mass is 10.1. The van der Waals surface area contributed by atoms with Crippen LogP contribution in [-0.4, -0.2) is 31.2 Å². The smallest absolute Gasteiger partial charge is 0.341 e. The minimum Gasteiger partial charge on any atom is -0.490 e. The van der Waals surface area contributed by atoms with Crippen molar-refractivity contribution in [3.05, 3.63) is 45.3 Å². The molecule has 1 aromatic carbocycles. The van der Waals surface area contributed by atoms with Gasteiger partial charge in [0.15, 0.2) is 11.5 Å². The first kappa shape index (κ1) is 25.0. The van der Waals surface area contributed by atoms with E-state index in [0.29, 0.717) is 34.2 Å². The van der Waals surface area contributed by atoms with Gasteiger partial charge >= 0.3 is 5.97 Å². The van der Waals surface area contributed by atoms with Crippen LogP contribution < -0.4 is 14.8 Å². The fraction of sp³-hybridized carbons (Fsp3) is 0.375. The average molecular weight is 457 g/mol. The molecule has 1 aromatic heterocycles. The minimum absolute atomic E-state index is 0.0256. The van der Waals surface area contributed by atoms with Gasteiger partial charge < -0.3 is 19.5 Å². The molecule has 0 fully saturated rings. The van der Waals surface area contributed by atoms with Crippen LogP contribution in [0.3, 0.4) is 0 Å². The second-order valence-corrected chi connectivity index (χ2v) is 8.36. The summed E-state index contributed by atoms with van der Waals surface area (Å²) >= 11 is 1.27. The van der Waals surface area contributed by atoms with Crippen LogP contribution in [0.25, 0.3) is 6.08 Å². The minimum atomic E-state index is -0.611. The molecule has 0 aliphatic heterocycles. The highest BCUT2D eigenvalue weighted by Crippen LogP contribution is 2.34. The van der Waals surface area contributed by atoms with E-state index in [1.54, 1.807) is 32.0 Å². The molecule has 0 spiro atoms. The van der Waals surface area contributed by atoms with E-state index in [1.165, 1.54) is 17.4 Å². The number of rotatable bonds is 9. The van der Waals surface area contributed by atoms with Crippen molar-refractivity contribution in [2.75, 3.05) is 18.5 Å². The topological polar surface area (TPSA) is 97.7 Å². The van der Waals surface area contributed by atoms with Gasteiger partial charge in [-0.05, 0) is 70.9 Å². The highest BCUT2D eigenvalue weighted by atomic mass is 32.1. The van der Waals surface area contributed by atoms with Crippen molar-refractivity contribution in [2.45, 2.75) is 47.6 Å². The summed E-state index contributed by atoms with van der Waals surface area (Å²) in [5.41, 5.74) is 1.56. The number of hydrogen-bond acceptors (Lipinski definition) is 7. The Morgan fingerprint density at radius 2 is 1.91 bits per heavy atom. The van der Waals surface area contributed by atoms with Crippen molar-refractivity contribution in [2.24, 2.45) is 0 Å². The van der Waals surface area contributed by atoms with Crippen molar-refractivity contribution in [1.82, 2.24) is 0 Å². The van der Waals surface area contributed by atoms with E-state index in [9.17, 15) is 14.9 Å². The van der Waals surface area contributed by atoms with Crippen LogP contribution in [0.2, 0.25) is 0 Å². The summed E-state index contributed by atoms with van der Waals surface area (Å²) in [5.74, 6) is 0.00123. The zero-order chi connectivity index (χ0) is 23.8. The number of nitriles is 1. The number of anilines is 1. The third kappa shape index (κ3) is 6.11. The monoisotopic (exact) mass is 456 g/mol. The Labute approximate surface area is 192 Å². The predicted molar refractivity (Wildman–Crippen MR) is 125 cm³/mol. The van der Waals surface area contributed by atoms with E-state index < -0.39 is 11.9 Å². The lowest BCUT2D eigenvalue weighted by Crippen LogP contribution is -2.16. The van der Waals surface area contributed by atoms with Gasteiger partial charge in [0.05, 0.1) is 24.9 Å². The standard InChI is InChI=1S/C24H28N2O5S/c1-7-29-20-12-17(9-10-19(20)31-14(3)4)11-18(13-25)22(27)26-23-21(24(28)30-8-2)15(5)16(6)32-23/h9-12,14H,7-8H2,1-6H3,(H,26,27)/b18-11+. The summed E-state index contributed by atoms with van der Waals surface area (Å²) in [4.78, 5) is 26.1. The number of nitrogens with zero attached hydrogens (tertiary/aromatic N) is 1. The number of thiophene rings is 1. The van der Waals surface area contributed by atoms with E-state index >= 15 is 0 Å². The number of benzene rings is 1. The molecular formula is C24H28N2O5S. The number of ether oxygens (including phenoxy) is 3. The van der Waals surface area contributed by atoms with E-state index in [1.807, 2.05) is 33.8 Å². The molecule has 170 valence electrons. The van der Waals surface area contributed by atoms with Crippen LogP contribution >= 0.6 is 11.3 Å². The van der Waals surface area contributed by atoms with Gasteiger partial charge in [-0.25, -0.2) is 4.79 Å². The summed E-state index contributed by atoms with van der Waals surface area (Å²) in [6, 6.07) is 7.14. The van der Waals surface area contributed by atoms with Gasteiger partial charge in [-0.15, -0.1) is 11.3 Å². The highest BCUT2D eigenvalue weighted by Gasteiger charge is 2.23.